The zero-order chi connectivity index (χ0) is 12.0. The van der Waals surface area contributed by atoms with Crippen LogP contribution in [0.2, 0.25) is 0 Å². The van der Waals surface area contributed by atoms with E-state index in [1.54, 1.807) is 12.4 Å². The number of hydrogen-bond acceptors (Lipinski definition) is 4. The topological polar surface area (TPSA) is 55.0 Å². The molecule has 1 aromatic rings. The van der Waals surface area contributed by atoms with E-state index in [2.05, 4.69) is 35.6 Å². The van der Waals surface area contributed by atoms with Gasteiger partial charge in [-0.2, -0.15) is 0 Å². The highest BCUT2D eigenvalue weighted by molar-refractivity contribution is 5.57. The molecule has 0 fully saturated rings. The van der Waals surface area contributed by atoms with Gasteiger partial charge in [-0.25, -0.2) is 9.97 Å². The van der Waals surface area contributed by atoms with E-state index in [4.69, 9.17) is 5.73 Å². The largest absolute Gasteiger partial charge is 0.381 e. The molecule has 0 atom stereocenters. The molecule has 4 heteroatoms. The van der Waals surface area contributed by atoms with Crippen LogP contribution in [-0.4, -0.2) is 22.6 Å². The molecule has 0 spiro atoms. The third-order valence-electron chi connectivity index (χ3n) is 2.60. The van der Waals surface area contributed by atoms with Crippen LogP contribution >= 0.6 is 0 Å². The molecule has 0 aliphatic rings. The summed E-state index contributed by atoms with van der Waals surface area (Å²) in [6, 6.07) is 0.399. The summed E-state index contributed by atoms with van der Waals surface area (Å²) in [5, 5.41) is 0. The number of nitrogens with zero attached hydrogens (tertiary/aromatic N) is 3. The molecule has 1 heterocycles. The summed E-state index contributed by atoms with van der Waals surface area (Å²) in [5.41, 5.74) is 5.85. The van der Waals surface area contributed by atoms with Crippen molar-refractivity contribution >= 4 is 11.6 Å². The van der Waals surface area contributed by atoms with Crippen molar-refractivity contribution in [2.24, 2.45) is 0 Å². The maximum atomic E-state index is 5.85. The number of rotatable bonds is 6. The van der Waals surface area contributed by atoms with Gasteiger partial charge in [0.25, 0.3) is 0 Å². The van der Waals surface area contributed by atoms with Gasteiger partial charge in [0.1, 0.15) is 0 Å². The molecule has 0 saturated heterocycles. The zero-order valence-corrected chi connectivity index (χ0v) is 10.5. The standard InChI is InChI=1S/C12H22N4/c1-4-5-6-9-16(10(2)3)12-11(13)14-7-8-15-12/h7-8,10H,4-6,9H2,1-3H3,(H2,13,14). The summed E-state index contributed by atoms with van der Waals surface area (Å²) >= 11 is 0. The maximum Gasteiger partial charge on any atom is 0.171 e. The van der Waals surface area contributed by atoms with Crippen molar-refractivity contribution in [3.63, 3.8) is 0 Å². The van der Waals surface area contributed by atoms with Crippen molar-refractivity contribution in [1.82, 2.24) is 9.97 Å². The molecule has 0 saturated carbocycles. The van der Waals surface area contributed by atoms with Crippen LogP contribution in [0.4, 0.5) is 11.6 Å². The molecule has 0 bridgehead atoms. The van der Waals surface area contributed by atoms with Gasteiger partial charge < -0.3 is 10.6 Å². The Morgan fingerprint density at radius 1 is 1.25 bits per heavy atom. The van der Waals surface area contributed by atoms with Crippen molar-refractivity contribution < 1.29 is 0 Å². The van der Waals surface area contributed by atoms with Gasteiger partial charge in [-0.05, 0) is 20.3 Å². The number of unbranched alkanes of at least 4 members (excludes halogenated alkanes) is 2. The number of hydrogen-bond donors (Lipinski definition) is 1. The molecule has 0 radical (unpaired) electrons. The lowest BCUT2D eigenvalue weighted by molar-refractivity contribution is 0.620. The summed E-state index contributed by atoms with van der Waals surface area (Å²) in [5.74, 6) is 1.33. The molecule has 0 aromatic carbocycles. The molecule has 1 aromatic heterocycles. The van der Waals surface area contributed by atoms with Crippen LogP contribution in [0.1, 0.15) is 40.0 Å². The van der Waals surface area contributed by atoms with Gasteiger partial charge >= 0.3 is 0 Å². The predicted octanol–water partition coefficient (Wildman–Crippen LogP) is 2.46. The summed E-state index contributed by atoms with van der Waals surface area (Å²) in [6.45, 7) is 7.50. The normalized spacial score (nSPS) is 10.8. The summed E-state index contributed by atoms with van der Waals surface area (Å²) in [4.78, 5) is 10.6. The van der Waals surface area contributed by atoms with E-state index < -0.39 is 0 Å². The zero-order valence-electron chi connectivity index (χ0n) is 10.5. The molecule has 2 N–H and O–H groups in total. The Labute approximate surface area is 97.9 Å². The number of anilines is 2. The van der Waals surface area contributed by atoms with Gasteiger partial charge in [0, 0.05) is 25.0 Å². The average Bonchev–Trinajstić information content (AvgIpc) is 2.25. The summed E-state index contributed by atoms with van der Waals surface area (Å²) < 4.78 is 0. The van der Waals surface area contributed by atoms with Gasteiger partial charge in [-0.3, -0.25) is 0 Å². The van der Waals surface area contributed by atoms with Crippen molar-refractivity contribution in [1.29, 1.82) is 0 Å². The quantitative estimate of drug-likeness (QED) is 0.751. The van der Waals surface area contributed by atoms with E-state index in [0.29, 0.717) is 11.9 Å². The van der Waals surface area contributed by atoms with Crippen LogP contribution in [0.5, 0.6) is 0 Å². The second-order valence-corrected chi connectivity index (χ2v) is 4.26. The van der Waals surface area contributed by atoms with Crippen molar-refractivity contribution in [2.45, 2.75) is 46.1 Å². The van der Waals surface area contributed by atoms with Crippen LogP contribution in [0, 0.1) is 0 Å². The average molecular weight is 222 g/mol. The minimum atomic E-state index is 0.399. The Bertz CT molecular complexity index is 312. The Morgan fingerprint density at radius 2 is 1.94 bits per heavy atom. The van der Waals surface area contributed by atoms with Gasteiger partial charge in [0.15, 0.2) is 11.6 Å². The third kappa shape index (κ3) is 3.36. The van der Waals surface area contributed by atoms with E-state index in [1.807, 2.05) is 0 Å². The van der Waals surface area contributed by atoms with Crippen molar-refractivity contribution in [3.8, 4) is 0 Å². The highest BCUT2D eigenvalue weighted by atomic mass is 15.2. The predicted molar refractivity (Wildman–Crippen MR) is 68.5 cm³/mol. The van der Waals surface area contributed by atoms with E-state index in [-0.39, 0.29) is 0 Å². The summed E-state index contributed by atoms with van der Waals surface area (Å²) in [6.07, 6.45) is 6.96. The highest BCUT2D eigenvalue weighted by Gasteiger charge is 2.14. The van der Waals surface area contributed by atoms with E-state index >= 15 is 0 Å². The second-order valence-electron chi connectivity index (χ2n) is 4.26. The maximum absolute atomic E-state index is 5.85. The SMILES string of the molecule is CCCCCN(c1nccnc1N)C(C)C. The lowest BCUT2D eigenvalue weighted by atomic mass is 10.2. The molecule has 1 rings (SSSR count). The third-order valence-corrected chi connectivity index (χ3v) is 2.60. The Kier molecular flexibility index (Phi) is 5.02. The first-order chi connectivity index (χ1) is 7.66. The fraction of sp³-hybridized carbons (Fsp3) is 0.667. The lowest BCUT2D eigenvalue weighted by Gasteiger charge is -2.28. The molecule has 16 heavy (non-hydrogen) atoms. The van der Waals surface area contributed by atoms with Crippen LogP contribution in [0.3, 0.4) is 0 Å². The van der Waals surface area contributed by atoms with E-state index in [1.165, 1.54) is 19.3 Å². The van der Waals surface area contributed by atoms with Crippen LogP contribution in [0.25, 0.3) is 0 Å². The second kappa shape index (κ2) is 6.30. The van der Waals surface area contributed by atoms with Gasteiger partial charge in [0.2, 0.25) is 0 Å². The number of aromatic nitrogens is 2. The molecule has 0 aliphatic heterocycles. The minimum absolute atomic E-state index is 0.399. The van der Waals surface area contributed by atoms with Crippen LogP contribution in [0.15, 0.2) is 12.4 Å². The molecular formula is C12H22N4. The smallest absolute Gasteiger partial charge is 0.171 e. The molecule has 0 aliphatic carbocycles. The number of nitrogen functional groups attached to an aromatic ring is 1. The Balaban J connectivity index is 2.74. The first kappa shape index (κ1) is 12.7. The monoisotopic (exact) mass is 222 g/mol. The van der Waals surface area contributed by atoms with E-state index in [9.17, 15) is 0 Å². The van der Waals surface area contributed by atoms with Gasteiger partial charge in [-0.15, -0.1) is 0 Å². The van der Waals surface area contributed by atoms with Gasteiger partial charge in [0.05, 0.1) is 0 Å². The van der Waals surface area contributed by atoms with Crippen LogP contribution < -0.4 is 10.6 Å². The van der Waals surface area contributed by atoms with Gasteiger partial charge in [-0.1, -0.05) is 19.8 Å². The van der Waals surface area contributed by atoms with Crippen molar-refractivity contribution in [3.05, 3.63) is 12.4 Å². The molecular weight excluding hydrogens is 200 g/mol. The molecule has 0 unspecified atom stereocenters. The number of nitrogens with two attached hydrogens (primary N) is 1. The Hall–Kier alpha value is -1.32. The fourth-order valence-corrected chi connectivity index (χ4v) is 1.70. The first-order valence-electron chi connectivity index (χ1n) is 6.00. The molecule has 90 valence electrons. The highest BCUT2D eigenvalue weighted by Crippen LogP contribution is 2.19. The Morgan fingerprint density at radius 3 is 2.50 bits per heavy atom. The summed E-state index contributed by atoms with van der Waals surface area (Å²) in [7, 11) is 0. The first-order valence-corrected chi connectivity index (χ1v) is 6.00. The minimum Gasteiger partial charge on any atom is -0.381 e. The van der Waals surface area contributed by atoms with Crippen molar-refractivity contribution in [2.75, 3.05) is 17.2 Å². The molecule has 4 nitrogen and oxygen atoms in total. The van der Waals surface area contributed by atoms with E-state index in [0.717, 1.165) is 12.4 Å². The fourth-order valence-electron chi connectivity index (χ4n) is 1.70. The lowest BCUT2D eigenvalue weighted by Crippen LogP contribution is -2.33. The van der Waals surface area contributed by atoms with Crippen LogP contribution in [-0.2, 0) is 0 Å². The molecule has 0 amide bonds.